The molecule has 48 heavy (non-hydrogen) atoms. The third-order valence-electron chi connectivity index (χ3n) is 6.74. The van der Waals surface area contributed by atoms with Crippen LogP contribution in [0.2, 0.25) is 0 Å². The zero-order valence-corrected chi connectivity index (χ0v) is 27.4. The number of Topliss-reactive ketones (excluding diaryl/α,β-unsaturated/α-hetero) is 1. The Hall–Kier alpha value is -4.61. The molecule has 2 aliphatic heterocycles. The quantitative estimate of drug-likeness (QED) is 0.171. The molecule has 2 fully saturated rings. The summed E-state index contributed by atoms with van der Waals surface area (Å²) in [6, 6.07) is 6.13. The molecule has 0 aromatic heterocycles. The van der Waals surface area contributed by atoms with Gasteiger partial charge in [-0.1, -0.05) is 12.1 Å². The van der Waals surface area contributed by atoms with Gasteiger partial charge in [0.1, 0.15) is 11.9 Å². The van der Waals surface area contributed by atoms with Crippen LogP contribution >= 0.6 is 0 Å². The van der Waals surface area contributed by atoms with E-state index < -0.39 is 97.7 Å². The van der Waals surface area contributed by atoms with Crippen LogP contribution in [0.25, 0.3) is 0 Å². The summed E-state index contributed by atoms with van der Waals surface area (Å²) in [6.07, 6.45) is -12.9. The van der Waals surface area contributed by atoms with Crippen LogP contribution in [-0.2, 0) is 71.4 Å². The van der Waals surface area contributed by atoms with Gasteiger partial charge < -0.3 is 47.4 Å². The normalized spacial score (nSPS) is 28.2. The van der Waals surface area contributed by atoms with Gasteiger partial charge in [0.05, 0.1) is 18.8 Å². The standard InChI is InChI=1S/C31H38O17/c1-14(32)21-10-8-9-11-22(21)47-31-29(46-20(7)38)27(44-18(5)36)25(42-16(3)34)24(48-31)13-40-30-28(45-19(6)37)26(43-17(4)35)23(12-39-30)41-15(2)33/h8-11,23-31H,12-13H2,1-7H3/t23-,24-,25-,26+,27+,28-,29-,30+,31-/m1/s1. The zero-order valence-electron chi connectivity index (χ0n) is 27.4. The molecule has 3 rings (SSSR count). The van der Waals surface area contributed by atoms with Crippen LogP contribution < -0.4 is 4.74 Å². The minimum atomic E-state index is -1.57. The van der Waals surface area contributed by atoms with Crippen molar-refractivity contribution in [2.24, 2.45) is 0 Å². The number of carbonyl (C=O) groups excluding carboxylic acids is 7. The number of carbonyl (C=O) groups is 7. The Labute approximate surface area is 275 Å². The molecular formula is C31H38O17. The minimum absolute atomic E-state index is 0.0330. The van der Waals surface area contributed by atoms with Crippen molar-refractivity contribution in [2.45, 2.75) is 104 Å². The predicted octanol–water partition coefficient (Wildman–Crippen LogP) is 0.956. The van der Waals surface area contributed by atoms with E-state index in [4.69, 9.17) is 47.4 Å². The van der Waals surface area contributed by atoms with Gasteiger partial charge in [0, 0.05) is 41.5 Å². The highest BCUT2D eigenvalue weighted by Crippen LogP contribution is 2.33. The molecule has 17 heteroatoms. The summed E-state index contributed by atoms with van der Waals surface area (Å²) >= 11 is 0. The molecular weight excluding hydrogens is 644 g/mol. The highest BCUT2D eigenvalue weighted by Gasteiger charge is 2.54. The molecule has 2 saturated heterocycles. The van der Waals surface area contributed by atoms with E-state index in [1.54, 1.807) is 12.1 Å². The molecule has 1 aromatic rings. The summed E-state index contributed by atoms with van der Waals surface area (Å²) in [4.78, 5) is 84.8. The van der Waals surface area contributed by atoms with Crippen LogP contribution in [0.1, 0.15) is 58.8 Å². The van der Waals surface area contributed by atoms with E-state index in [0.29, 0.717) is 0 Å². The lowest BCUT2D eigenvalue weighted by molar-refractivity contribution is -0.313. The summed E-state index contributed by atoms with van der Waals surface area (Å²) in [5, 5.41) is 0. The van der Waals surface area contributed by atoms with Crippen LogP contribution in [-0.4, -0.2) is 110 Å². The van der Waals surface area contributed by atoms with Gasteiger partial charge in [0.2, 0.25) is 12.4 Å². The maximum atomic E-state index is 12.3. The number of hydrogen-bond acceptors (Lipinski definition) is 17. The second-order valence-electron chi connectivity index (χ2n) is 10.8. The first-order chi connectivity index (χ1) is 22.6. The number of para-hydroxylation sites is 1. The van der Waals surface area contributed by atoms with Crippen molar-refractivity contribution in [2.75, 3.05) is 13.2 Å². The first kappa shape index (κ1) is 37.8. The average Bonchev–Trinajstić information content (AvgIpc) is 2.96. The molecule has 0 amide bonds. The monoisotopic (exact) mass is 682 g/mol. The molecule has 0 radical (unpaired) electrons. The van der Waals surface area contributed by atoms with Gasteiger partial charge in [0.15, 0.2) is 42.6 Å². The molecule has 264 valence electrons. The topological polar surface area (TPSA) is 212 Å². The maximum absolute atomic E-state index is 12.3. The summed E-state index contributed by atoms with van der Waals surface area (Å²) in [7, 11) is 0. The fourth-order valence-corrected chi connectivity index (χ4v) is 5.11. The van der Waals surface area contributed by atoms with Crippen molar-refractivity contribution in [3.63, 3.8) is 0 Å². The number of ketones is 1. The van der Waals surface area contributed by atoms with Gasteiger partial charge >= 0.3 is 35.8 Å². The Balaban J connectivity index is 2.01. The summed E-state index contributed by atoms with van der Waals surface area (Å²) < 4.78 is 56.1. The minimum Gasteiger partial charge on any atom is -0.460 e. The molecule has 0 aliphatic carbocycles. The van der Waals surface area contributed by atoms with Crippen molar-refractivity contribution >= 4 is 41.6 Å². The van der Waals surface area contributed by atoms with Gasteiger partial charge in [-0.25, -0.2) is 0 Å². The van der Waals surface area contributed by atoms with Crippen molar-refractivity contribution in [1.82, 2.24) is 0 Å². The van der Waals surface area contributed by atoms with E-state index in [9.17, 15) is 33.6 Å². The van der Waals surface area contributed by atoms with E-state index in [1.807, 2.05) is 0 Å². The molecule has 0 N–H and O–H groups in total. The van der Waals surface area contributed by atoms with Gasteiger partial charge in [-0.05, 0) is 19.1 Å². The van der Waals surface area contributed by atoms with Crippen LogP contribution in [0, 0.1) is 0 Å². The third-order valence-corrected chi connectivity index (χ3v) is 6.74. The number of ether oxygens (including phenoxy) is 10. The Kier molecular flexibility index (Phi) is 13.4. The Morgan fingerprint density at radius 1 is 0.604 bits per heavy atom. The molecule has 17 nitrogen and oxygen atoms in total. The molecule has 0 spiro atoms. The third kappa shape index (κ3) is 10.4. The molecule has 0 bridgehead atoms. The first-order valence-corrected chi connectivity index (χ1v) is 14.8. The lowest BCUT2D eigenvalue weighted by Gasteiger charge is -2.45. The van der Waals surface area contributed by atoms with E-state index in [0.717, 1.165) is 41.5 Å². The summed E-state index contributed by atoms with van der Waals surface area (Å²) in [5.41, 5.74) is 0.153. The van der Waals surface area contributed by atoms with Gasteiger partial charge in [-0.3, -0.25) is 33.6 Å². The van der Waals surface area contributed by atoms with Crippen molar-refractivity contribution in [3.8, 4) is 5.75 Å². The van der Waals surface area contributed by atoms with Gasteiger partial charge in [0.25, 0.3) is 0 Å². The van der Waals surface area contributed by atoms with Crippen molar-refractivity contribution in [3.05, 3.63) is 29.8 Å². The van der Waals surface area contributed by atoms with E-state index >= 15 is 0 Å². The number of benzene rings is 1. The largest absolute Gasteiger partial charge is 0.460 e. The fourth-order valence-electron chi connectivity index (χ4n) is 5.11. The first-order valence-electron chi connectivity index (χ1n) is 14.8. The van der Waals surface area contributed by atoms with Gasteiger partial charge in [-0.2, -0.15) is 0 Å². The van der Waals surface area contributed by atoms with Crippen LogP contribution in [0.4, 0.5) is 0 Å². The van der Waals surface area contributed by atoms with Crippen molar-refractivity contribution < 1.29 is 80.9 Å². The molecule has 2 heterocycles. The van der Waals surface area contributed by atoms with Crippen LogP contribution in [0.15, 0.2) is 24.3 Å². The van der Waals surface area contributed by atoms with Crippen molar-refractivity contribution in [1.29, 1.82) is 0 Å². The number of esters is 6. The summed E-state index contributed by atoms with van der Waals surface area (Å²) in [5.74, 6) is -5.16. The Morgan fingerprint density at radius 2 is 1.08 bits per heavy atom. The number of hydrogen-bond donors (Lipinski definition) is 0. The molecule has 2 aliphatic rings. The van der Waals surface area contributed by atoms with E-state index in [1.165, 1.54) is 19.1 Å². The van der Waals surface area contributed by atoms with Gasteiger partial charge in [-0.15, -0.1) is 0 Å². The smallest absolute Gasteiger partial charge is 0.303 e. The second kappa shape index (κ2) is 17.0. The lowest BCUT2D eigenvalue weighted by atomic mass is 9.97. The Morgan fingerprint density at radius 3 is 1.62 bits per heavy atom. The molecule has 9 atom stereocenters. The molecule has 0 saturated carbocycles. The Bertz CT molecular complexity index is 1370. The SMILES string of the molecule is CC(=O)O[C@@H]1[C@@H](OC(C)=O)[C@H](Oc2ccccc2C(C)=O)O[C@H](CO[C@@H]2OC[C@@H](OC(C)=O)[C@H](OC(C)=O)[C@H]2OC(C)=O)[C@H]1OC(C)=O. The van der Waals surface area contributed by atoms with Crippen LogP contribution in [0.3, 0.4) is 0 Å². The molecule has 0 unspecified atom stereocenters. The van der Waals surface area contributed by atoms with Crippen LogP contribution in [0.5, 0.6) is 5.75 Å². The highest BCUT2D eigenvalue weighted by molar-refractivity contribution is 5.96. The second-order valence-corrected chi connectivity index (χ2v) is 10.8. The fraction of sp³-hybridized carbons (Fsp3) is 0.581. The zero-order chi connectivity index (χ0) is 35.7. The van der Waals surface area contributed by atoms with E-state index in [-0.39, 0.29) is 23.7 Å². The highest BCUT2D eigenvalue weighted by atomic mass is 16.8. The lowest BCUT2D eigenvalue weighted by Crippen LogP contribution is -2.64. The van der Waals surface area contributed by atoms with E-state index in [2.05, 4.69) is 0 Å². The maximum Gasteiger partial charge on any atom is 0.303 e. The number of rotatable bonds is 12. The summed E-state index contributed by atoms with van der Waals surface area (Å²) in [6.45, 7) is 6.94. The molecule has 1 aromatic carbocycles. The predicted molar refractivity (Wildman–Crippen MR) is 155 cm³/mol. The average molecular weight is 683 g/mol.